The Hall–Kier alpha value is -2.90. The summed E-state index contributed by atoms with van der Waals surface area (Å²) in [5.74, 6) is 10.4. The van der Waals surface area contributed by atoms with Gasteiger partial charge in [0.25, 0.3) is 11.8 Å². The van der Waals surface area contributed by atoms with Crippen LogP contribution < -0.4 is 5.84 Å². The number of nitrogens with two attached hydrogens (primary N) is 1. The summed E-state index contributed by atoms with van der Waals surface area (Å²) in [6, 6.07) is 14.4. The molecule has 1 aliphatic heterocycles. The van der Waals surface area contributed by atoms with E-state index in [4.69, 9.17) is 5.84 Å². The minimum Gasteiger partial charge on any atom is -0.267 e. The maximum atomic E-state index is 11.8. The van der Waals surface area contributed by atoms with Crippen molar-refractivity contribution in [1.29, 1.82) is 0 Å². The minimum absolute atomic E-state index is 0.303. The molecule has 0 saturated carbocycles. The zero-order chi connectivity index (χ0) is 14.1. The Morgan fingerprint density at radius 2 is 1.45 bits per heavy atom. The van der Waals surface area contributed by atoms with E-state index in [2.05, 4.69) is 11.8 Å². The highest BCUT2D eigenvalue weighted by Crippen LogP contribution is 2.21. The first kappa shape index (κ1) is 12.2. The zero-order valence-corrected chi connectivity index (χ0v) is 10.5. The molecule has 2 N–H and O–H groups in total. The molecule has 0 fully saturated rings. The number of carbonyl (C=O) groups excluding carboxylic acids is 2. The lowest BCUT2D eigenvalue weighted by Gasteiger charge is -2.01. The Bertz CT molecular complexity index is 770. The fraction of sp³-hybridized carbons (Fsp3) is 0. The quantitative estimate of drug-likeness (QED) is 0.339. The van der Waals surface area contributed by atoms with Gasteiger partial charge in [-0.2, -0.15) is 0 Å². The van der Waals surface area contributed by atoms with E-state index in [-0.39, 0.29) is 0 Å². The molecule has 0 spiro atoms. The predicted molar refractivity (Wildman–Crippen MR) is 73.6 cm³/mol. The Morgan fingerprint density at radius 3 is 2.20 bits per heavy atom. The molecular weight excluding hydrogens is 252 g/mol. The lowest BCUT2D eigenvalue weighted by atomic mass is 10.1. The van der Waals surface area contributed by atoms with Crippen LogP contribution in [-0.2, 0) is 0 Å². The fourth-order valence-electron chi connectivity index (χ4n) is 2.00. The Balaban J connectivity index is 1.98. The lowest BCUT2D eigenvalue weighted by Crippen LogP contribution is -2.36. The van der Waals surface area contributed by atoms with Crippen molar-refractivity contribution in [1.82, 2.24) is 5.01 Å². The van der Waals surface area contributed by atoms with Crippen LogP contribution in [0.2, 0.25) is 0 Å². The summed E-state index contributed by atoms with van der Waals surface area (Å²) < 4.78 is 0. The van der Waals surface area contributed by atoms with Crippen molar-refractivity contribution < 1.29 is 9.59 Å². The Labute approximate surface area is 115 Å². The number of hydrogen-bond donors (Lipinski definition) is 1. The van der Waals surface area contributed by atoms with Crippen LogP contribution in [0.25, 0.3) is 0 Å². The maximum absolute atomic E-state index is 11.8. The van der Waals surface area contributed by atoms with Crippen LogP contribution in [0.15, 0.2) is 48.5 Å². The van der Waals surface area contributed by atoms with Gasteiger partial charge in [0.15, 0.2) is 0 Å². The van der Waals surface area contributed by atoms with Crippen LogP contribution >= 0.6 is 0 Å². The summed E-state index contributed by atoms with van der Waals surface area (Å²) in [6.07, 6.45) is 0. The van der Waals surface area contributed by atoms with E-state index in [1.54, 1.807) is 18.2 Å². The Kier molecular flexibility index (Phi) is 2.82. The molecule has 3 rings (SSSR count). The van der Waals surface area contributed by atoms with E-state index in [9.17, 15) is 9.59 Å². The van der Waals surface area contributed by atoms with Crippen molar-refractivity contribution in [3.8, 4) is 11.8 Å². The van der Waals surface area contributed by atoms with Gasteiger partial charge in [0.1, 0.15) is 0 Å². The van der Waals surface area contributed by atoms with Crippen molar-refractivity contribution >= 4 is 11.8 Å². The minimum atomic E-state index is -0.492. The molecule has 2 aromatic rings. The third-order valence-electron chi connectivity index (χ3n) is 3.04. The summed E-state index contributed by atoms with van der Waals surface area (Å²) in [7, 11) is 0. The Morgan fingerprint density at radius 1 is 0.800 bits per heavy atom. The topological polar surface area (TPSA) is 63.4 Å². The summed E-state index contributed by atoms with van der Waals surface area (Å²) in [5, 5.41) is 0.624. The van der Waals surface area contributed by atoms with Gasteiger partial charge in [0.2, 0.25) is 0 Å². The number of hydrogen-bond acceptors (Lipinski definition) is 3. The molecule has 4 heteroatoms. The number of benzene rings is 2. The van der Waals surface area contributed by atoms with Gasteiger partial charge < -0.3 is 0 Å². The van der Waals surface area contributed by atoms with E-state index in [0.29, 0.717) is 21.7 Å². The monoisotopic (exact) mass is 262 g/mol. The first-order valence-electron chi connectivity index (χ1n) is 6.01. The first-order chi connectivity index (χ1) is 9.66. The summed E-state index contributed by atoms with van der Waals surface area (Å²) >= 11 is 0. The summed E-state index contributed by atoms with van der Waals surface area (Å²) in [6.45, 7) is 0. The molecule has 4 nitrogen and oxygen atoms in total. The number of amides is 2. The molecule has 2 aromatic carbocycles. The molecule has 0 aromatic heterocycles. The fourth-order valence-corrected chi connectivity index (χ4v) is 2.00. The van der Waals surface area contributed by atoms with E-state index < -0.39 is 11.8 Å². The molecule has 0 bridgehead atoms. The SMILES string of the molecule is NN1C(=O)c2ccc(C#Cc3ccccc3)cc2C1=O. The molecule has 1 heterocycles. The molecule has 0 aliphatic carbocycles. The van der Waals surface area contributed by atoms with Gasteiger partial charge >= 0.3 is 0 Å². The number of hydrazine groups is 1. The molecule has 0 unspecified atom stereocenters. The highest BCUT2D eigenvalue weighted by Gasteiger charge is 2.33. The largest absolute Gasteiger partial charge is 0.275 e. The van der Waals surface area contributed by atoms with Gasteiger partial charge in [-0.15, -0.1) is 0 Å². The number of nitrogens with zero attached hydrogens (tertiary/aromatic N) is 1. The summed E-state index contributed by atoms with van der Waals surface area (Å²) in [5.41, 5.74) is 2.18. The van der Waals surface area contributed by atoms with Crippen LogP contribution in [0.1, 0.15) is 31.8 Å². The van der Waals surface area contributed by atoms with Gasteiger partial charge in [-0.1, -0.05) is 30.0 Å². The molecule has 0 radical (unpaired) electrons. The van der Waals surface area contributed by atoms with Crippen LogP contribution in [0, 0.1) is 11.8 Å². The van der Waals surface area contributed by atoms with Gasteiger partial charge in [-0.05, 0) is 30.3 Å². The first-order valence-corrected chi connectivity index (χ1v) is 6.01. The number of imide groups is 1. The van der Waals surface area contributed by atoms with Crippen molar-refractivity contribution in [3.05, 3.63) is 70.8 Å². The van der Waals surface area contributed by atoms with Crippen molar-refractivity contribution in [2.24, 2.45) is 5.84 Å². The highest BCUT2D eigenvalue weighted by atomic mass is 16.2. The second-order valence-electron chi connectivity index (χ2n) is 4.36. The second kappa shape index (κ2) is 4.65. The third kappa shape index (κ3) is 1.96. The van der Waals surface area contributed by atoms with E-state index in [1.807, 2.05) is 30.3 Å². The highest BCUT2D eigenvalue weighted by molar-refractivity contribution is 6.21. The van der Waals surface area contributed by atoms with E-state index in [0.717, 1.165) is 5.56 Å². The molecule has 96 valence electrons. The smallest absolute Gasteiger partial charge is 0.267 e. The van der Waals surface area contributed by atoms with Crippen LogP contribution in [0.3, 0.4) is 0 Å². The van der Waals surface area contributed by atoms with Crippen molar-refractivity contribution in [3.63, 3.8) is 0 Å². The van der Waals surface area contributed by atoms with Gasteiger partial charge in [-0.3, -0.25) is 9.59 Å². The predicted octanol–water partition coefficient (Wildman–Crippen LogP) is 1.56. The van der Waals surface area contributed by atoms with Gasteiger partial charge in [-0.25, -0.2) is 10.9 Å². The third-order valence-corrected chi connectivity index (χ3v) is 3.04. The number of fused-ring (bicyclic) bond motifs is 1. The molecule has 1 aliphatic rings. The molecule has 2 amide bonds. The number of carbonyl (C=O) groups is 2. The van der Waals surface area contributed by atoms with Crippen LogP contribution in [-0.4, -0.2) is 16.8 Å². The normalized spacial score (nSPS) is 12.9. The average Bonchev–Trinajstić information content (AvgIpc) is 2.71. The van der Waals surface area contributed by atoms with Crippen LogP contribution in [0.5, 0.6) is 0 Å². The summed E-state index contributed by atoms with van der Waals surface area (Å²) in [4.78, 5) is 23.4. The standard InChI is InChI=1S/C16H10N2O2/c17-18-15(19)13-9-8-12(10-14(13)16(18)20)7-6-11-4-2-1-3-5-11/h1-5,8-10H,17H2. The van der Waals surface area contributed by atoms with E-state index >= 15 is 0 Å². The van der Waals surface area contributed by atoms with Crippen molar-refractivity contribution in [2.45, 2.75) is 0 Å². The van der Waals surface area contributed by atoms with E-state index in [1.165, 1.54) is 0 Å². The number of rotatable bonds is 0. The second-order valence-corrected chi connectivity index (χ2v) is 4.36. The lowest BCUT2D eigenvalue weighted by molar-refractivity contribution is 0.0654. The van der Waals surface area contributed by atoms with Gasteiger partial charge in [0.05, 0.1) is 11.1 Å². The van der Waals surface area contributed by atoms with Gasteiger partial charge in [0, 0.05) is 11.1 Å². The zero-order valence-electron chi connectivity index (χ0n) is 10.5. The van der Waals surface area contributed by atoms with Crippen LogP contribution in [0.4, 0.5) is 0 Å². The maximum Gasteiger partial charge on any atom is 0.275 e. The molecule has 0 atom stereocenters. The molecular formula is C16H10N2O2. The molecule has 0 saturated heterocycles. The van der Waals surface area contributed by atoms with Crippen molar-refractivity contribution in [2.75, 3.05) is 0 Å². The average molecular weight is 262 g/mol. The molecule has 20 heavy (non-hydrogen) atoms.